The van der Waals surface area contributed by atoms with Crippen molar-refractivity contribution in [1.29, 1.82) is 0 Å². The van der Waals surface area contributed by atoms with Gasteiger partial charge in [-0.1, -0.05) is 78.9 Å². The Morgan fingerprint density at radius 2 is 1.49 bits per heavy atom. The van der Waals surface area contributed by atoms with E-state index in [2.05, 4.69) is 36.9 Å². The lowest BCUT2D eigenvalue weighted by atomic mass is 9.77. The molecule has 43 heavy (non-hydrogen) atoms. The van der Waals surface area contributed by atoms with Crippen molar-refractivity contribution >= 4 is 17.6 Å². The molecule has 0 amide bonds. The Hall–Kier alpha value is -5.17. The molecule has 0 bridgehead atoms. The van der Waals surface area contributed by atoms with Crippen LogP contribution in [0.2, 0.25) is 0 Å². The molecule has 214 valence electrons. The second-order valence-corrected chi connectivity index (χ2v) is 10.8. The number of carbonyl (C=O) groups excluding carboxylic acids is 1. The third-order valence-corrected chi connectivity index (χ3v) is 8.32. The third-order valence-electron chi connectivity index (χ3n) is 8.32. The van der Waals surface area contributed by atoms with Crippen molar-refractivity contribution < 1.29 is 14.3 Å². The molecule has 0 aliphatic carbocycles. The fraction of sp³-hybridized carbons (Fsp3) is 0.194. The summed E-state index contributed by atoms with van der Waals surface area (Å²) in [4.78, 5) is 28.0. The van der Waals surface area contributed by atoms with E-state index in [-0.39, 0.29) is 5.97 Å². The van der Waals surface area contributed by atoms with Gasteiger partial charge in [-0.15, -0.1) is 0 Å². The average molecular weight is 569 g/mol. The molecule has 0 saturated heterocycles. The molecule has 1 unspecified atom stereocenters. The molecule has 7 nitrogen and oxygen atoms in total. The molecule has 3 heterocycles. The Morgan fingerprint density at radius 1 is 0.791 bits per heavy atom. The van der Waals surface area contributed by atoms with Gasteiger partial charge in [0.05, 0.1) is 16.8 Å². The van der Waals surface area contributed by atoms with Gasteiger partial charge in [-0.3, -0.25) is 0 Å². The zero-order valence-electron chi connectivity index (χ0n) is 24.4. The zero-order chi connectivity index (χ0) is 29.6. The zero-order valence-corrected chi connectivity index (χ0v) is 24.4. The molecule has 1 aromatic heterocycles. The van der Waals surface area contributed by atoms with Crippen LogP contribution in [0.15, 0.2) is 103 Å². The van der Waals surface area contributed by atoms with Crippen molar-refractivity contribution in [1.82, 2.24) is 9.97 Å². The van der Waals surface area contributed by atoms with E-state index in [0.717, 1.165) is 41.0 Å². The topological polar surface area (TPSA) is 67.8 Å². The maximum atomic E-state index is 13.5. The van der Waals surface area contributed by atoms with E-state index >= 15 is 0 Å². The average Bonchev–Trinajstić information content (AvgIpc) is 3.34. The van der Waals surface area contributed by atoms with Crippen LogP contribution in [0.25, 0.3) is 11.3 Å². The van der Waals surface area contributed by atoms with Gasteiger partial charge >= 0.3 is 5.97 Å². The van der Waals surface area contributed by atoms with Gasteiger partial charge in [0, 0.05) is 55.1 Å². The van der Waals surface area contributed by atoms with Gasteiger partial charge in [0.15, 0.2) is 5.60 Å². The van der Waals surface area contributed by atoms with E-state index in [9.17, 15) is 4.79 Å². The summed E-state index contributed by atoms with van der Waals surface area (Å²) >= 11 is 0. The molecular formula is C36H32N4O3. The second-order valence-electron chi connectivity index (χ2n) is 10.8. The Kier molecular flexibility index (Phi) is 6.58. The normalized spacial score (nSPS) is 16.1. The van der Waals surface area contributed by atoms with Gasteiger partial charge < -0.3 is 19.3 Å². The minimum atomic E-state index is -1.28. The number of nitrogens with zero attached hydrogens (tertiary/aromatic N) is 4. The van der Waals surface area contributed by atoms with Gasteiger partial charge in [-0.25, -0.2) is 9.78 Å². The fourth-order valence-corrected chi connectivity index (χ4v) is 6.24. The van der Waals surface area contributed by atoms with Crippen LogP contribution in [-0.4, -0.2) is 36.1 Å². The van der Waals surface area contributed by atoms with E-state index in [1.807, 2.05) is 96.9 Å². The first-order valence-electron chi connectivity index (χ1n) is 14.7. The number of anilines is 2. The van der Waals surface area contributed by atoms with Crippen LogP contribution >= 0.6 is 0 Å². The summed E-state index contributed by atoms with van der Waals surface area (Å²) in [5.41, 5.74) is 5.07. The predicted octanol–water partition coefficient (Wildman–Crippen LogP) is 7.19. The number of ether oxygens (including phenoxy) is 2. The number of carbonyl (C=O) groups is 1. The second kappa shape index (κ2) is 10.6. The van der Waals surface area contributed by atoms with E-state index in [1.54, 1.807) is 0 Å². The summed E-state index contributed by atoms with van der Waals surface area (Å²) in [6, 6.07) is 33.9. The number of hydrogen-bond donors (Lipinski definition) is 0. The van der Waals surface area contributed by atoms with Crippen molar-refractivity contribution in [3.05, 3.63) is 131 Å². The molecule has 1 spiro atoms. The number of benzene rings is 4. The molecule has 0 radical (unpaired) electrons. The smallest absolute Gasteiger partial charge is 0.340 e. The lowest BCUT2D eigenvalue weighted by Gasteiger charge is -2.38. The fourth-order valence-electron chi connectivity index (χ4n) is 6.24. The van der Waals surface area contributed by atoms with Gasteiger partial charge in [-0.2, -0.15) is 4.98 Å². The monoisotopic (exact) mass is 568 g/mol. The Balaban J connectivity index is 1.50. The molecule has 0 saturated carbocycles. The number of aromatic nitrogens is 2. The first-order chi connectivity index (χ1) is 21.0. The minimum Gasteiger partial charge on any atom is -0.440 e. The summed E-state index contributed by atoms with van der Waals surface area (Å²) in [6.45, 7) is 6.57. The third kappa shape index (κ3) is 4.31. The molecule has 0 fully saturated rings. The van der Waals surface area contributed by atoms with Crippen LogP contribution in [-0.2, 0) is 16.9 Å². The summed E-state index contributed by atoms with van der Waals surface area (Å²) in [5.74, 6) is 1.11. The van der Waals surface area contributed by atoms with Crippen LogP contribution in [0, 0.1) is 0 Å². The lowest BCUT2D eigenvalue weighted by Crippen LogP contribution is -2.35. The Morgan fingerprint density at radius 3 is 2.23 bits per heavy atom. The maximum absolute atomic E-state index is 13.5. The van der Waals surface area contributed by atoms with E-state index < -0.39 is 5.60 Å². The van der Waals surface area contributed by atoms with E-state index in [0.29, 0.717) is 40.9 Å². The van der Waals surface area contributed by atoms with Gasteiger partial charge in [0.2, 0.25) is 11.8 Å². The quantitative estimate of drug-likeness (QED) is 0.192. The molecule has 4 aromatic carbocycles. The van der Waals surface area contributed by atoms with Crippen molar-refractivity contribution in [2.24, 2.45) is 0 Å². The minimum absolute atomic E-state index is 0.373. The number of hydrogen-bond acceptors (Lipinski definition) is 7. The highest BCUT2D eigenvalue weighted by Gasteiger charge is 2.56. The first kappa shape index (κ1) is 26.7. The van der Waals surface area contributed by atoms with Crippen LogP contribution < -0.4 is 14.5 Å². The van der Waals surface area contributed by atoms with Crippen LogP contribution in [0.4, 0.5) is 11.6 Å². The van der Waals surface area contributed by atoms with Crippen molar-refractivity contribution in [3.63, 3.8) is 0 Å². The molecule has 2 aliphatic rings. The maximum Gasteiger partial charge on any atom is 0.340 e. The molecule has 7 heteroatoms. The van der Waals surface area contributed by atoms with Gasteiger partial charge in [0.25, 0.3) is 0 Å². The van der Waals surface area contributed by atoms with Crippen LogP contribution in [0.5, 0.6) is 11.6 Å². The number of fused-ring (bicyclic) bond motifs is 6. The lowest BCUT2D eigenvalue weighted by molar-refractivity contribution is 0.0222. The Bertz CT molecular complexity index is 1820. The summed E-state index contributed by atoms with van der Waals surface area (Å²) in [6.07, 6.45) is 0. The van der Waals surface area contributed by atoms with Gasteiger partial charge in [-0.05, 0) is 37.6 Å². The van der Waals surface area contributed by atoms with Gasteiger partial charge in [0.1, 0.15) is 5.75 Å². The number of rotatable bonds is 7. The molecule has 1 atom stereocenters. The highest BCUT2D eigenvalue weighted by atomic mass is 16.6. The van der Waals surface area contributed by atoms with Crippen molar-refractivity contribution in [2.75, 3.05) is 29.9 Å². The molecule has 5 aromatic rings. The number of esters is 1. The van der Waals surface area contributed by atoms with Crippen LogP contribution in [0.1, 0.15) is 46.5 Å². The van der Waals surface area contributed by atoms with Crippen molar-refractivity contribution in [3.8, 4) is 22.9 Å². The largest absolute Gasteiger partial charge is 0.440 e. The van der Waals surface area contributed by atoms with E-state index in [1.165, 1.54) is 0 Å². The molecule has 7 rings (SSSR count). The summed E-state index contributed by atoms with van der Waals surface area (Å²) in [7, 11) is 1.97. The molecule has 2 aliphatic heterocycles. The summed E-state index contributed by atoms with van der Waals surface area (Å²) < 4.78 is 13.2. The SMILES string of the molecule is CCN(CC)c1ccc2c(c1)Oc1nc(N(C)Cc3ccccc3)nc(-c3ccccc3)c1C21OC(=O)c2ccccc21. The van der Waals surface area contributed by atoms with Crippen LogP contribution in [0.3, 0.4) is 0 Å². The highest BCUT2D eigenvalue weighted by molar-refractivity contribution is 5.97. The standard InChI is InChI=1S/C36H32N4O3/c1-4-40(5-2)26-20-21-29-30(22-26)42-33-31(36(29)28-19-13-12-18-27(28)34(41)43-36)32(25-16-10-7-11-17-25)37-35(38-33)39(3)23-24-14-8-6-9-15-24/h6-22H,4-5,23H2,1-3H3. The molecular weight excluding hydrogens is 536 g/mol. The summed E-state index contributed by atoms with van der Waals surface area (Å²) in [5, 5.41) is 0. The van der Waals surface area contributed by atoms with E-state index in [4.69, 9.17) is 19.4 Å². The first-order valence-corrected chi connectivity index (χ1v) is 14.7. The molecule has 0 N–H and O–H groups in total. The predicted molar refractivity (Wildman–Crippen MR) is 168 cm³/mol. The Labute approximate surface area is 251 Å². The van der Waals surface area contributed by atoms with Crippen molar-refractivity contribution in [2.45, 2.75) is 26.0 Å². The highest BCUT2D eigenvalue weighted by Crippen LogP contribution is 2.58.